The molecule has 3 aromatic carbocycles. The molecular weight excluding hydrogens is 770 g/mol. The number of halogens is 1. The van der Waals surface area contributed by atoms with E-state index in [1.54, 1.807) is 6.20 Å². The Bertz CT molecular complexity index is 2380. The van der Waals surface area contributed by atoms with E-state index in [-0.39, 0.29) is 55.0 Å². The number of hydrogen-bond acceptors (Lipinski definition) is 8. The van der Waals surface area contributed by atoms with Gasteiger partial charge in [-0.15, -0.1) is 0 Å². The molecule has 2 fully saturated rings. The van der Waals surface area contributed by atoms with E-state index in [9.17, 15) is 23.6 Å². The number of alkyl carbamates (subject to hydrolysis) is 1. The second kappa shape index (κ2) is 16.6. The molecule has 5 aromatic rings. The van der Waals surface area contributed by atoms with Gasteiger partial charge in [0.15, 0.2) is 0 Å². The zero-order valence-electron chi connectivity index (χ0n) is 35.0. The Hall–Kier alpha value is -5.57. The maximum Gasteiger partial charge on any atom is 0.407 e. The molecule has 0 bridgehead atoms. The van der Waals surface area contributed by atoms with Crippen LogP contribution in [0.25, 0.3) is 44.2 Å². The van der Waals surface area contributed by atoms with Crippen molar-refractivity contribution in [1.29, 1.82) is 0 Å². The summed E-state index contributed by atoms with van der Waals surface area (Å²) in [5, 5.41) is 4.63. The molecule has 3 N–H and O–H groups in total. The third kappa shape index (κ3) is 8.47. The summed E-state index contributed by atoms with van der Waals surface area (Å²) in [7, 11) is 0.830. The number of amides is 3. The Labute approximate surface area is 344 Å². The maximum atomic E-state index is 14.8. The standard InChI is InChI=1S/C44H54FN7O6Si/c1-24(2)32(19-37(53)57-5)42(54)52-23-59(7,8)22-36(52)41-47-33-16-14-29-17-28(13-15-31(29)39(33)49-41)26-9-11-27(12-10-26)34-20-46-40(48-34)35-18-30(45)21-51(35)43(55)38(25(3)4)50-44(56)58-6/h9-17,20,24-25,30,32,35-36,38H,18-19,21-23H2,1-8H3,(H,46,48)(H,47,49)(H,50,56)/t30?,32-,35?,36-,38-/m0/s1. The van der Waals surface area contributed by atoms with Crippen LogP contribution in [0.5, 0.6) is 0 Å². The second-order valence-electron chi connectivity index (χ2n) is 17.5. The molecule has 2 unspecified atom stereocenters. The molecule has 312 valence electrons. The van der Waals surface area contributed by atoms with Crippen LogP contribution in [0, 0.1) is 17.8 Å². The number of carbonyl (C=O) groups is 4. The number of likely N-dealkylation sites (tertiary alicyclic amines) is 1. The molecule has 13 nitrogen and oxygen atoms in total. The van der Waals surface area contributed by atoms with Gasteiger partial charge in [-0.1, -0.05) is 83.3 Å². The van der Waals surface area contributed by atoms with Crippen molar-refractivity contribution < 1.29 is 33.0 Å². The quantitative estimate of drug-likeness (QED) is 0.0901. The Balaban J connectivity index is 1.10. The first-order chi connectivity index (χ1) is 28.1. The minimum atomic E-state index is -1.76. The zero-order valence-corrected chi connectivity index (χ0v) is 36.0. The molecule has 4 heterocycles. The highest BCUT2D eigenvalue weighted by atomic mass is 28.3. The van der Waals surface area contributed by atoms with Gasteiger partial charge in [-0.3, -0.25) is 14.4 Å². The van der Waals surface area contributed by atoms with E-state index in [1.807, 2.05) is 62.9 Å². The van der Waals surface area contributed by atoms with Crippen LogP contribution in [-0.2, 0) is 23.9 Å². The van der Waals surface area contributed by atoms with E-state index in [2.05, 4.69) is 57.6 Å². The monoisotopic (exact) mass is 823 g/mol. The fraction of sp³-hybridized carbons (Fsp3) is 0.455. The Kier molecular flexibility index (Phi) is 11.7. The lowest BCUT2D eigenvalue weighted by Gasteiger charge is -2.29. The number of fused-ring (bicyclic) bond motifs is 3. The number of alkyl halides is 1. The normalized spacial score (nSPS) is 20.1. The molecule has 0 saturated carbocycles. The van der Waals surface area contributed by atoms with Gasteiger partial charge in [-0.05, 0) is 52.1 Å². The van der Waals surface area contributed by atoms with Crippen molar-refractivity contribution in [3.05, 3.63) is 72.4 Å². The van der Waals surface area contributed by atoms with Gasteiger partial charge in [0.1, 0.15) is 23.9 Å². The lowest BCUT2D eigenvalue weighted by Crippen LogP contribution is -2.51. The molecule has 0 spiro atoms. The molecule has 2 aliphatic rings. The Morgan fingerprint density at radius 1 is 0.864 bits per heavy atom. The third-order valence-electron chi connectivity index (χ3n) is 11.9. The number of imidazole rings is 2. The van der Waals surface area contributed by atoms with Crippen molar-refractivity contribution in [3.63, 3.8) is 0 Å². The zero-order chi connectivity index (χ0) is 42.3. The van der Waals surface area contributed by atoms with Gasteiger partial charge in [0.05, 0.1) is 76.2 Å². The molecule has 3 amide bonds. The molecule has 15 heteroatoms. The number of ether oxygens (including phenoxy) is 2. The van der Waals surface area contributed by atoms with E-state index in [0.717, 1.165) is 56.1 Å². The topological polar surface area (TPSA) is 163 Å². The molecule has 2 aliphatic heterocycles. The molecular formula is C44H54FN7O6Si. The summed E-state index contributed by atoms with van der Waals surface area (Å²) in [5.74, 6) is -0.240. The highest BCUT2D eigenvalue weighted by Gasteiger charge is 2.46. The minimum Gasteiger partial charge on any atom is -0.469 e. The molecule has 0 radical (unpaired) electrons. The number of carbonyl (C=O) groups excluding carboxylic acids is 4. The highest BCUT2D eigenvalue weighted by molar-refractivity contribution is 6.78. The fourth-order valence-corrected chi connectivity index (χ4v) is 11.5. The van der Waals surface area contributed by atoms with Crippen LogP contribution in [0.15, 0.2) is 60.8 Å². The van der Waals surface area contributed by atoms with Crippen molar-refractivity contribution in [1.82, 2.24) is 35.1 Å². The molecule has 59 heavy (non-hydrogen) atoms. The van der Waals surface area contributed by atoms with E-state index < -0.39 is 38.3 Å². The number of nitrogens with one attached hydrogen (secondary N) is 3. The molecule has 5 atom stereocenters. The van der Waals surface area contributed by atoms with Crippen LogP contribution < -0.4 is 5.32 Å². The van der Waals surface area contributed by atoms with Crippen LogP contribution in [0.4, 0.5) is 9.18 Å². The number of benzene rings is 3. The van der Waals surface area contributed by atoms with Gasteiger partial charge in [-0.2, -0.15) is 0 Å². The summed E-state index contributed by atoms with van der Waals surface area (Å²) in [6, 6.07) is 17.7. The number of H-pyrrole nitrogens is 2. The van der Waals surface area contributed by atoms with E-state index in [4.69, 9.17) is 14.5 Å². The molecule has 2 aromatic heterocycles. The van der Waals surface area contributed by atoms with Crippen LogP contribution in [0.2, 0.25) is 19.1 Å². The lowest BCUT2D eigenvalue weighted by atomic mass is 9.91. The van der Waals surface area contributed by atoms with Crippen LogP contribution >= 0.6 is 0 Å². The molecule has 2 saturated heterocycles. The van der Waals surface area contributed by atoms with Crippen molar-refractivity contribution in [3.8, 4) is 22.4 Å². The summed E-state index contributed by atoms with van der Waals surface area (Å²) in [6.07, 6.45) is 0.619. The van der Waals surface area contributed by atoms with Crippen molar-refractivity contribution in [2.75, 3.05) is 26.9 Å². The number of hydrogen-bond donors (Lipinski definition) is 3. The maximum absolute atomic E-state index is 14.8. The van der Waals surface area contributed by atoms with Crippen LogP contribution in [0.3, 0.4) is 0 Å². The van der Waals surface area contributed by atoms with Gasteiger partial charge >= 0.3 is 12.1 Å². The number of esters is 1. The average molecular weight is 824 g/mol. The predicted molar refractivity (Wildman–Crippen MR) is 226 cm³/mol. The number of rotatable bonds is 11. The smallest absolute Gasteiger partial charge is 0.407 e. The van der Waals surface area contributed by atoms with Gasteiger partial charge in [-0.25, -0.2) is 19.2 Å². The number of aromatic amines is 2. The van der Waals surface area contributed by atoms with Crippen molar-refractivity contribution >= 4 is 53.8 Å². The third-order valence-corrected chi connectivity index (χ3v) is 14.6. The van der Waals surface area contributed by atoms with Crippen LogP contribution in [0.1, 0.15) is 64.3 Å². The van der Waals surface area contributed by atoms with E-state index in [1.165, 1.54) is 19.1 Å². The van der Waals surface area contributed by atoms with Crippen molar-refractivity contribution in [2.24, 2.45) is 17.8 Å². The van der Waals surface area contributed by atoms with E-state index >= 15 is 0 Å². The van der Waals surface area contributed by atoms with Crippen molar-refractivity contribution in [2.45, 2.75) is 84.0 Å². The minimum absolute atomic E-state index is 0.0165. The molecule has 7 rings (SSSR count). The number of nitrogens with zero attached hydrogens (tertiary/aromatic N) is 4. The van der Waals surface area contributed by atoms with Gasteiger partial charge in [0.25, 0.3) is 0 Å². The molecule has 0 aliphatic carbocycles. The summed E-state index contributed by atoms with van der Waals surface area (Å²) >= 11 is 0. The summed E-state index contributed by atoms with van der Waals surface area (Å²) in [4.78, 5) is 71.8. The van der Waals surface area contributed by atoms with Crippen LogP contribution in [-0.4, -0.2) is 101 Å². The fourth-order valence-electron chi connectivity index (χ4n) is 8.65. The Morgan fingerprint density at radius 3 is 2.25 bits per heavy atom. The van der Waals surface area contributed by atoms with Gasteiger partial charge in [0.2, 0.25) is 11.8 Å². The summed E-state index contributed by atoms with van der Waals surface area (Å²) < 4.78 is 24.5. The first kappa shape index (κ1) is 41.6. The first-order valence-corrected chi connectivity index (χ1v) is 23.7. The average Bonchev–Trinajstić information content (AvgIpc) is 4.02. The summed E-state index contributed by atoms with van der Waals surface area (Å²) in [6.45, 7) is 12.1. The highest BCUT2D eigenvalue weighted by Crippen LogP contribution is 2.41. The predicted octanol–water partition coefficient (Wildman–Crippen LogP) is 7.73. The Morgan fingerprint density at radius 2 is 1.58 bits per heavy atom. The SMILES string of the molecule is COC(=O)C[C@H](C(=O)N1C[Si](C)(C)C[C@H]1c1nc2c(ccc3cc(-c4ccc(-c5cnc(C6CC(F)CN6C(=O)[C@@H](NC(=O)OC)C(C)C)[nH]5)cc4)ccc32)[nH]1)C(C)C. The second-order valence-corrected chi connectivity index (χ2v) is 22.5. The van der Waals surface area contributed by atoms with Gasteiger partial charge in [0, 0.05) is 18.0 Å². The number of aromatic nitrogens is 4. The van der Waals surface area contributed by atoms with E-state index in [0.29, 0.717) is 12.0 Å². The largest absolute Gasteiger partial charge is 0.469 e. The van der Waals surface area contributed by atoms with Gasteiger partial charge < -0.3 is 34.6 Å². The lowest BCUT2D eigenvalue weighted by molar-refractivity contribution is -0.148. The summed E-state index contributed by atoms with van der Waals surface area (Å²) in [5.41, 5.74) is 5.43. The number of methoxy groups -OCH3 is 2. The first-order valence-electron chi connectivity index (χ1n) is 20.3.